The second-order valence-electron chi connectivity index (χ2n) is 8.42. The highest BCUT2D eigenvalue weighted by molar-refractivity contribution is 5.74. The van der Waals surface area contributed by atoms with E-state index in [-0.39, 0.29) is 11.8 Å². The zero-order chi connectivity index (χ0) is 24.2. The van der Waals surface area contributed by atoms with Gasteiger partial charge in [0.15, 0.2) is 5.82 Å². The molecule has 178 valence electrons. The Kier molecular flexibility index (Phi) is 6.32. The van der Waals surface area contributed by atoms with E-state index in [0.717, 1.165) is 37.7 Å². The van der Waals surface area contributed by atoms with Crippen LogP contribution in [0.3, 0.4) is 0 Å². The molecule has 1 fully saturated rings. The average Bonchev–Trinajstić information content (AvgIpc) is 3.39. The van der Waals surface area contributed by atoms with Gasteiger partial charge in [0.1, 0.15) is 11.6 Å². The van der Waals surface area contributed by atoms with Gasteiger partial charge in [-0.1, -0.05) is 24.1 Å². The van der Waals surface area contributed by atoms with E-state index in [9.17, 15) is 5.11 Å². The second-order valence-corrected chi connectivity index (χ2v) is 8.42. The maximum absolute atomic E-state index is 10.2. The third kappa shape index (κ3) is 4.95. The number of anilines is 3. The zero-order valence-corrected chi connectivity index (χ0v) is 19.5. The molecule has 4 N–H and O–H groups in total. The predicted molar refractivity (Wildman–Crippen MR) is 135 cm³/mol. The minimum atomic E-state index is 0.144. The first kappa shape index (κ1) is 22.4. The summed E-state index contributed by atoms with van der Waals surface area (Å²) >= 11 is 0. The van der Waals surface area contributed by atoms with Crippen LogP contribution in [-0.2, 0) is 0 Å². The molecule has 0 radical (unpaired) electrons. The zero-order valence-electron chi connectivity index (χ0n) is 19.5. The number of nitrogens with one attached hydrogen (secondary N) is 1. The Labute approximate surface area is 204 Å². The lowest BCUT2D eigenvalue weighted by atomic mass is 10.1. The van der Waals surface area contributed by atoms with Crippen molar-refractivity contribution in [1.82, 2.24) is 30.6 Å². The number of nitrogens with zero attached hydrogens (tertiary/aromatic N) is 7. The average molecular weight is 470 g/mol. The van der Waals surface area contributed by atoms with Crippen LogP contribution in [0.2, 0.25) is 0 Å². The summed E-state index contributed by atoms with van der Waals surface area (Å²) in [6, 6.07) is 11.0. The van der Waals surface area contributed by atoms with Crippen LogP contribution in [0.15, 0.2) is 54.9 Å². The molecule has 3 aromatic rings. The van der Waals surface area contributed by atoms with Crippen molar-refractivity contribution in [3.63, 3.8) is 0 Å². The summed E-state index contributed by atoms with van der Waals surface area (Å²) < 4.78 is 0. The summed E-state index contributed by atoms with van der Waals surface area (Å²) in [6.45, 7) is 5.78. The van der Waals surface area contributed by atoms with Crippen LogP contribution in [0.25, 0.3) is 11.3 Å². The van der Waals surface area contributed by atoms with Gasteiger partial charge in [0.2, 0.25) is 5.82 Å². The van der Waals surface area contributed by atoms with Crippen LogP contribution < -0.4 is 21.0 Å². The summed E-state index contributed by atoms with van der Waals surface area (Å²) in [6.07, 6.45) is 5.77. The number of phenols is 1. The Morgan fingerprint density at radius 2 is 2.09 bits per heavy atom. The van der Waals surface area contributed by atoms with Crippen molar-refractivity contribution in [1.29, 1.82) is 0 Å². The fraction of sp³-hybridized carbons (Fsp3) is 0.280. The first-order valence-electron chi connectivity index (χ1n) is 11.5. The van der Waals surface area contributed by atoms with Crippen LogP contribution in [0.5, 0.6) is 5.75 Å². The predicted octanol–water partition coefficient (Wildman–Crippen LogP) is 1.62. The Hall–Kier alpha value is -4.36. The van der Waals surface area contributed by atoms with Crippen molar-refractivity contribution < 1.29 is 5.11 Å². The van der Waals surface area contributed by atoms with E-state index in [1.807, 2.05) is 41.6 Å². The lowest BCUT2D eigenvalue weighted by molar-refractivity contribution is 0.344. The maximum Gasteiger partial charge on any atom is 0.206 e. The highest BCUT2D eigenvalue weighted by Gasteiger charge is 2.27. The summed E-state index contributed by atoms with van der Waals surface area (Å²) in [5, 5.41) is 20.5. The number of piperazine rings is 1. The van der Waals surface area contributed by atoms with Gasteiger partial charge in [-0.15, -0.1) is 10.2 Å². The summed E-state index contributed by atoms with van der Waals surface area (Å²) in [4.78, 5) is 13.4. The molecule has 10 heteroatoms. The molecule has 4 heterocycles. The Morgan fingerprint density at radius 1 is 1.20 bits per heavy atom. The Morgan fingerprint density at radius 3 is 2.89 bits per heavy atom. The molecule has 0 bridgehead atoms. The second kappa shape index (κ2) is 9.87. The number of aromatic hydroxyl groups is 1. The molecular formula is C25H27N9O. The topological polar surface area (TPSA) is 120 Å². The highest BCUT2D eigenvalue weighted by atomic mass is 16.3. The van der Waals surface area contributed by atoms with E-state index >= 15 is 0 Å². The fourth-order valence-electron chi connectivity index (χ4n) is 4.27. The number of phenolic OH excluding ortho intramolecular Hbond substituents is 1. The minimum Gasteiger partial charge on any atom is -0.507 e. The lowest BCUT2D eigenvalue weighted by Crippen LogP contribution is -2.52. The number of aromatic nitrogens is 4. The van der Waals surface area contributed by atoms with Gasteiger partial charge in [0, 0.05) is 50.2 Å². The lowest BCUT2D eigenvalue weighted by Gasteiger charge is -2.41. The van der Waals surface area contributed by atoms with E-state index < -0.39 is 0 Å². The normalized spacial score (nSPS) is 17.4. The van der Waals surface area contributed by atoms with Gasteiger partial charge < -0.3 is 25.6 Å². The van der Waals surface area contributed by atoms with Gasteiger partial charge in [-0.25, -0.2) is 15.4 Å². The standard InChI is InChI=1S/C25H27N9O/c1-18-17-32(24-9-11-27-23(29-24)8-4-12-33-13-5-10-28-33)14-15-34(18)21-16-20(30-31-25(21)26)19-6-2-3-7-22(19)35/h2-3,5-7,9,11,13,16,18,28,35H,10,12,14-15,17H2,1H3,(H2,26,31). The first-order chi connectivity index (χ1) is 17.1. The number of para-hydroxylation sites is 1. The van der Waals surface area contributed by atoms with Crippen molar-refractivity contribution in [2.75, 3.05) is 48.3 Å². The van der Waals surface area contributed by atoms with Gasteiger partial charge in [-0.3, -0.25) is 0 Å². The third-order valence-electron chi connectivity index (χ3n) is 6.03. The van der Waals surface area contributed by atoms with Crippen molar-refractivity contribution in [2.24, 2.45) is 0 Å². The van der Waals surface area contributed by atoms with Crippen molar-refractivity contribution in [2.45, 2.75) is 13.0 Å². The number of rotatable bonds is 4. The number of nitrogens with two attached hydrogens (primary N) is 1. The van der Waals surface area contributed by atoms with Gasteiger partial charge in [0.05, 0.1) is 17.9 Å². The van der Waals surface area contributed by atoms with Crippen molar-refractivity contribution in [3.8, 4) is 28.8 Å². The van der Waals surface area contributed by atoms with Gasteiger partial charge in [-0.2, -0.15) is 0 Å². The Bertz CT molecular complexity index is 1300. The number of benzene rings is 1. The molecule has 1 unspecified atom stereocenters. The van der Waals surface area contributed by atoms with E-state index in [1.165, 1.54) is 0 Å². The van der Waals surface area contributed by atoms with E-state index in [0.29, 0.717) is 29.4 Å². The third-order valence-corrected chi connectivity index (χ3v) is 6.03. The molecule has 1 aromatic carbocycles. The SMILES string of the molecule is CC1CN(c2ccnc(C#CCN3C=CCN3)n2)CCN1c1cc(-c2ccccc2O)nnc1N. The van der Waals surface area contributed by atoms with Crippen LogP contribution >= 0.6 is 0 Å². The first-order valence-corrected chi connectivity index (χ1v) is 11.5. The maximum atomic E-state index is 10.2. The van der Waals surface area contributed by atoms with Gasteiger partial charge in [-0.05, 0) is 37.1 Å². The molecule has 0 amide bonds. The van der Waals surface area contributed by atoms with E-state index in [1.54, 1.807) is 18.3 Å². The number of hydrogen-bond acceptors (Lipinski definition) is 10. The quantitative estimate of drug-likeness (QED) is 0.486. The molecule has 10 nitrogen and oxygen atoms in total. The molecule has 2 aliphatic heterocycles. The van der Waals surface area contributed by atoms with E-state index in [4.69, 9.17) is 5.73 Å². The number of nitrogen functional groups attached to an aromatic ring is 1. The summed E-state index contributed by atoms with van der Waals surface area (Å²) in [5.41, 5.74) is 11.4. The minimum absolute atomic E-state index is 0.144. The molecule has 2 aliphatic rings. The van der Waals surface area contributed by atoms with Crippen LogP contribution in [-0.4, -0.2) is 69.0 Å². The van der Waals surface area contributed by atoms with Crippen molar-refractivity contribution >= 4 is 17.3 Å². The smallest absolute Gasteiger partial charge is 0.206 e. The fourth-order valence-corrected chi connectivity index (χ4v) is 4.27. The molecule has 35 heavy (non-hydrogen) atoms. The molecule has 0 aliphatic carbocycles. The monoisotopic (exact) mass is 469 g/mol. The van der Waals surface area contributed by atoms with Crippen molar-refractivity contribution in [3.05, 3.63) is 60.7 Å². The van der Waals surface area contributed by atoms with Crippen LogP contribution in [0, 0.1) is 11.8 Å². The van der Waals surface area contributed by atoms with Gasteiger partial charge >= 0.3 is 0 Å². The molecule has 5 rings (SSSR count). The molecule has 1 atom stereocenters. The highest BCUT2D eigenvalue weighted by Crippen LogP contribution is 2.33. The summed E-state index contributed by atoms with van der Waals surface area (Å²) in [7, 11) is 0. The molecular weight excluding hydrogens is 442 g/mol. The molecule has 0 saturated carbocycles. The number of hydrogen-bond donors (Lipinski definition) is 3. The molecule has 0 spiro atoms. The van der Waals surface area contributed by atoms with Crippen LogP contribution in [0.4, 0.5) is 17.3 Å². The van der Waals surface area contributed by atoms with E-state index in [2.05, 4.69) is 54.2 Å². The largest absolute Gasteiger partial charge is 0.507 e. The Balaban J connectivity index is 1.30. The molecule has 1 saturated heterocycles. The molecule has 2 aromatic heterocycles. The number of hydrazine groups is 1. The summed E-state index contributed by atoms with van der Waals surface area (Å²) in [5.74, 6) is 8.05. The van der Waals surface area contributed by atoms with Crippen LogP contribution in [0.1, 0.15) is 12.7 Å². The van der Waals surface area contributed by atoms with Gasteiger partial charge in [0.25, 0.3) is 0 Å².